The molecule has 1 rings (SSSR count). The van der Waals surface area contributed by atoms with Gasteiger partial charge in [-0.05, 0) is 57.8 Å². The van der Waals surface area contributed by atoms with E-state index in [2.05, 4.69) is 6.92 Å². The lowest BCUT2D eigenvalue weighted by molar-refractivity contribution is -0.141. The van der Waals surface area contributed by atoms with Gasteiger partial charge in [0, 0.05) is 13.3 Å². The van der Waals surface area contributed by atoms with Crippen LogP contribution in [-0.2, 0) is 14.3 Å². The molecule has 0 saturated carbocycles. The second-order valence-corrected chi connectivity index (χ2v) is 5.42. The van der Waals surface area contributed by atoms with Crippen LogP contribution >= 0.6 is 0 Å². The van der Waals surface area contributed by atoms with Gasteiger partial charge in [-0.3, -0.25) is 4.79 Å². The number of hydrogen-bond donors (Lipinski definition) is 0. The van der Waals surface area contributed by atoms with E-state index in [0.29, 0.717) is 18.9 Å². The van der Waals surface area contributed by atoms with Crippen LogP contribution < -0.4 is 0 Å². The minimum Gasteiger partial charge on any atom is -0.466 e. The first-order valence-corrected chi connectivity index (χ1v) is 7.40. The molecule has 0 N–H and O–H groups in total. The third-order valence-electron chi connectivity index (χ3n) is 4.00. The lowest BCUT2D eigenvalue weighted by Crippen LogP contribution is -2.12. The molecule has 0 saturated heterocycles. The molecule has 0 aromatic heterocycles. The molecule has 0 spiro atoms. The highest BCUT2D eigenvalue weighted by molar-refractivity contribution is 5.65. The molecule has 0 bridgehead atoms. The van der Waals surface area contributed by atoms with Crippen LogP contribution in [0.3, 0.4) is 0 Å². The molecule has 19 heavy (non-hydrogen) atoms. The number of esters is 1. The van der Waals surface area contributed by atoms with Crippen LogP contribution in [0.25, 0.3) is 0 Å². The largest absolute Gasteiger partial charge is 0.466 e. The summed E-state index contributed by atoms with van der Waals surface area (Å²) in [5.41, 5.74) is 3.09. The van der Waals surface area contributed by atoms with Crippen molar-refractivity contribution in [3.05, 3.63) is 11.1 Å². The number of aldehydes is 1. The summed E-state index contributed by atoms with van der Waals surface area (Å²) in [6.07, 6.45) is 9.50. The van der Waals surface area contributed by atoms with Crippen LogP contribution in [-0.4, -0.2) is 18.9 Å². The Balaban J connectivity index is 2.37. The summed E-state index contributed by atoms with van der Waals surface area (Å²) in [7, 11) is 0. The van der Waals surface area contributed by atoms with Crippen LogP contribution in [0, 0.1) is 5.92 Å². The minimum atomic E-state index is -0.189. The highest BCUT2D eigenvalue weighted by Crippen LogP contribution is 2.34. The van der Waals surface area contributed by atoms with E-state index in [9.17, 15) is 9.59 Å². The Labute approximate surface area is 116 Å². The molecule has 3 heteroatoms. The van der Waals surface area contributed by atoms with E-state index in [1.807, 2.05) is 0 Å². The van der Waals surface area contributed by atoms with Crippen molar-refractivity contribution in [2.24, 2.45) is 5.92 Å². The first-order chi connectivity index (χ1) is 9.15. The van der Waals surface area contributed by atoms with Gasteiger partial charge in [-0.15, -0.1) is 0 Å². The predicted molar refractivity (Wildman–Crippen MR) is 75.8 cm³/mol. The normalized spacial score (nSPS) is 19.4. The molecule has 0 amide bonds. The minimum absolute atomic E-state index is 0.189. The Hall–Kier alpha value is -1.12. The van der Waals surface area contributed by atoms with Gasteiger partial charge in [0.05, 0.1) is 6.61 Å². The van der Waals surface area contributed by atoms with Gasteiger partial charge in [0.1, 0.15) is 6.29 Å². The number of ether oxygens (including phenoxy) is 1. The molecular formula is C16H26O3. The lowest BCUT2D eigenvalue weighted by atomic mass is 9.79. The summed E-state index contributed by atoms with van der Waals surface area (Å²) >= 11 is 0. The Morgan fingerprint density at radius 2 is 2.21 bits per heavy atom. The van der Waals surface area contributed by atoms with Crippen LogP contribution in [0.2, 0.25) is 0 Å². The van der Waals surface area contributed by atoms with Crippen molar-refractivity contribution in [1.29, 1.82) is 0 Å². The fourth-order valence-electron chi connectivity index (χ4n) is 2.89. The number of carbonyl (C=O) groups is 2. The van der Waals surface area contributed by atoms with Crippen LogP contribution in [0.4, 0.5) is 0 Å². The van der Waals surface area contributed by atoms with E-state index in [4.69, 9.17) is 4.74 Å². The van der Waals surface area contributed by atoms with Crippen LogP contribution in [0.1, 0.15) is 65.2 Å². The number of hydrogen-bond acceptors (Lipinski definition) is 3. The third-order valence-corrected chi connectivity index (χ3v) is 4.00. The number of rotatable bonds is 8. The zero-order valence-corrected chi connectivity index (χ0v) is 12.2. The molecule has 1 aliphatic carbocycles. The monoisotopic (exact) mass is 266 g/mol. The molecule has 0 fully saturated rings. The average Bonchev–Trinajstić information content (AvgIpc) is 2.38. The topological polar surface area (TPSA) is 43.4 Å². The summed E-state index contributed by atoms with van der Waals surface area (Å²) in [5, 5.41) is 0. The Bertz CT molecular complexity index is 331. The van der Waals surface area contributed by atoms with E-state index in [1.54, 1.807) is 5.57 Å². The zero-order chi connectivity index (χ0) is 14.1. The molecule has 0 radical (unpaired) electrons. The van der Waals surface area contributed by atoms with Gasteiger partial charge in [0.15, 0.2) is 0 Å². The second-order valence-electron chi connectivity index (χ2n) is 5.42. The molecule has 1 atom stereocenters. The summed E-state index contributed by atoms with van der Waals surface area (Å²) in [6.45, 7) is 4.24. The summed E-state index contributed by atoms with van der Waals surface area (Å²) in [6, 6.07) is 0. The molecule has 0 aromatic carbocycles. The molecule has 0 unspecified atom stereocenters. The Morgan fingerprint density at radius 3 is 2.89 bits per heavy atom. The van der Waals surface area contributed by atoms with Crippen LogP contribution in [0.5, 0.6) is 0 Å². The number of allylic oxidation sites excluding steroid dienone is 2. The summed E-state index contributed by atoms with van der Waals surface area (Å²) in [4.78, 5) is 21.1. The van der Waals surface area contributed by atoms with E-state index in [-0.39, 0.29) is 5.97 Å². The molecule has 108 valence electrons. The molecule has 1 aliphatic rings. The van der Waals surface area contributed by atoms with Crippen molar-refractivity contribution in [2.75, 3.05) is 6.61 Å². The number of carbonyl (C=O) groups excluding carboxylic acids is 2. The van der Waals surface area contributed by atoms with E-state index in [1.165, 1.54) is 31.8 Å². The molecular weight excluding hydrogens is 240 g/mol. The maximum atomic E-state index is 10.7. The third kappa shape index (κ3) is 6.04. The summed E-state index contributed by atoms with van der Waals surface area (Å²) in [5.74, 6) is 0.459. The SMILES string of the molecule is CC(=O)OCCC[C@H]1CCCC(CCCC=O)=C1C. The van der Waals surface area contributed by atoms with Gasteiger partial charge in [-0.25, -0.2) is 0 Å². The fraction of sp³-hybridized carbons (Fsp3) is 0.750. The smallest absolute Gasteiger partial charge is 0.302 e. The predicted octanol–water partition coefficient (Wildman–Crippen LogP) is 3.82. The van der Waals surface area contributed by atoms with Gasteiger partial charge in [-0.1, -0.05) is 11.1 Å². The second kappa shape index (κ2) is 8.89. The van der Waals surface area contributed by atoms with Gasteiger partial charge >= 0.3 is 5.97 Å². The zero-order valence-electron chi connectivity index (χ0n) is 12.2. The van der Waals surface area contributed by atoms with Crippen molar-refractivity contribution in [3.63, 3.8) is 0 Å². The first kappa shape index (κ1) is 15.9. The highest BCUT2D eigenvalue weighted by atomic mass is 16.5. The fourth-order valence-corrected chi connectivity index (χ4v) is 2.89. The molecule has 0 heterocycles. The lowest BCUT2D eigenvalue weighted by Gasteiger charge is -2.27. The Kier molecular flexibility index (Phi) is 7.46. The molecule has 3 nitrogen and oxygen atoms in total. The first-order valence-electron chi connectivity index (χ1n) is 7.40. The Morgan fingerprint density at radius 1 is 1.42 bits per heavy atom. The van der Waals surface area contributed by atoms with E-state index in [0.717, 1.165) is 32.0 Å². The van der Waals surface area contributed by atoms with Gasteiger partial charge in [0.2, 0.25) is 0 Å². The highest BCUT2D eigenvalue weighted by Gasteiger charge is 2.19. The van der Waals surface area contributed by atoms with Gasteiger partial charge in [-0.2, -0.15) is 0 Å². The van der Waals surface area contributed by atoms with Crippen molar-refractivity contribution in [2.45, 2.75) is 65.2 Å². The number of unbranched alkanes of at least 4 members (excludes halogenated alkanes) is 1. The van der Waals surface area contributed by atoms with E-state index < -0.39 is 0 Å². The van der Waals surface area contributed by atoms with Gasteiger partial charge in [0.25, 0.3) is 0 Å². The van der Waals surface area contributed by atoms with Crippen molar-refractivity contribution in [3.8, 4) is 0 Å². The maximum Gasteiger partial charge on any atom is 0.302 e. The van der Waals surface area contributed by atoms with Crippen molar-refractivity contribution < 1.29 is 14.3 Å². The quantitative estimate of drug-likeness (QED) is 0.290. The molecule has 0 aromatic rings. The summed E-state index contributed by atoms with van der Waals surface area (Å²) < 4.78 is 4.98. The van der Waals surface area contributed by atoms with Crippen molar-refractivity contribution >= 4 is 12.3 Å². The van der Waals surface area contributed by atoms with Gasteiger partial charge < -0.3 is 9.53 Å². The maximum absolute atomic E-state index is 10.7. The van der Waals surface area contributed by atoms with Crippen LogP contribution in [0.15, 0.2) is 11.1 Å². The average molecular weight is 266 g/mol. The molecule has 0 aliphatic heterocycles. The van der Waals surface area contributed by atoms with Crippen molar-refractivity contribution in [1.82, 2.24) is 0 Å². The van der Waals surface area contributed by atoms with E-state index >= 15 is 0 Å². The standard InChI is InChI=1S/C16H26O3/c1-13-15(7-3-4-11-17)8-5-9-16(13)10-6-12-19-14(2)18/h11,16H,3-10,12H2,1-2H3/t16-/m1/s1.